The summed E-state index contributed by atoms with van der Waals surface area (Å²) in [4.78, 5) is 24.4. The van der Waals surface area contributed by atoms with Crippen molar-refractivity contribution in [3.8, 4) is 0 Å². The molecule has 0 aliphatic heterocycles. The Kier molecular flexibility index (Phi) is 6.02. The lowest BCUT2D eigenvalue weighted by Crippen LogP contribution is -2.34. The number of carbonyl (C=O) groups is 2. The van der Waals surface area contributed by atoms with E-state index >= 15 is 0 Å². The van der Waals surface area contributed by atoms with Crippen LogP contribution in [0.5, 0.6) is 0 Å². The Hall–Kier alpha value is -2.83. The Morgan fingerprint density at radius 2 is 1.81 bits per heavy atom. The van der Waals surface area contributed by atoms with Crippen LogP contribution in [0.25, 0.3) is 0 Å². The summed E-state index contributed by atoms with van der Waals surface area (Å²) in [5.74, 6) is -0.201. The third kappa shape index (κ3) is 4.62. The van der Waals surface area contributed by atoms with Crippen molar-refractivity contribution >= 4 is 17.6 Å². The number of amides is 3. The van der Waals surface area contributed by atoms with Crippen molar-refractivity contribution in [2.24, 2.45) is 7.05 Å². The van der Waals surface area contributed by atoms with Crippen LogP contribution >= 0.6 is 0 Å². The molecule has 3 amide bonds. The maximum atomic E-state index is 12.6. The molecule has 0 aliphatic rings. The molecular formula is C19H27N5O2. The lowest BCUT2D eigenvalue weighted by molar-refractivity contribution is 0.0939. The third-order valence-corrected chi connectivity index (χ3v) is 4.15. The summed E-state index contributed by atoms with van der Waals surface area (Å²) in [6, 6.07) is 6.43. The number of aryl methyl sites for hydroxylation is 2. The minimum Gasteiger partial charge on any atom is -0.345 e. The van der Waals surface area contributed by atoms with Crippen molar-refractivity contribution in [2.45, 2.75) is 46.7 Å². The fourth-order valence-corrected chi connectivity index (χ4v) is 2.94. The Bertz CT molecular complexity index is 810. The molecule has 0 saturated carbocycles. The molecule has 1 aromatic carbocycles. The van der Waals surface area contributed by atoms with E-state index in [1.165, 1.54) is 0 Å². The lowest BCUT2D eigenvalue weighted by Gasteiger charge is -2.16. The second-order valence-electron chi connectivity index (χ2n) is 6.74. The molecular weight excluding hydrogens is 330 g/mol. The van der Waals surface area contributed by atoms with Crippen LogP contribution in [0.4, 0.5) is 10.5 Å². The van der Waals surface area contributed by atoms with Crippen LogP contribution in [-0.2, 0) is 7.05 Å². The van der Waals surface area contributed by atoms with Gasteiger partial charge in [0, 0.05) is 35.6 Å². The van der Waals surface area contributed by atoms with E-state index in [1.54, 1.807) is 24.3 Å². The van der Waals surface area contributed by atoms with Crippen molar-refractivity contribution in [3.63, 3.8) is 0 Å². The molecule has 1 aromatic heterocycles. The van der Waals surface area contributed by atoms with Gasteiger partial charge in [-0.2, -0.15) is 5.10 Å². The zero-order chi connectivity index (χ0) is 19.4. The molecule has 2 rings (SSSR count). The maximum Gasteiger partial charge on any atom is 0.319 e. The second-order valence-corrected chi connectivity index (χ2v) is 6.74. The summed E-state index contributed by atoms with van der Waals surface area (Å²) >= 11 is 0. The molecule has 0 saturated heterocycles. The number of urea groups is 1. The number of rotatable bonds is 5. The van der Waals surface area contributed by atoms with Crippen molar-refractivity contribution in [1.82, 2.24) is 20.4 Å². The molecule has 1 atom stereocenters. The van der Waals surface area contributed by atoms with E-state index in [0.717, 1.165) is 17.0 Å². The molecule has 7 heteroatoms. The van der Waals surface area contributed by atoms with E-state index < -0.39 is 0 Å². The number of nitrogens with zero attached hydrogens (tertiary/aromatic N) is 2. The number of benzene rings is 1. The molecule has 2 aromatic rings. The SMILES string of the molecule is Cc1nn(C)c(C)c1C(C)NC(=O)c1cccc(NC(=O)NC(C)C)c1. The molecule has 0 radical (unpaired) electrons. The van der Waals surface area contributed by atoms with Crippen LogP contribution in [0.15, 0.2) is 24.3 Å². The highest BCUT2D eigenvalue weighted by atomic mass is 16.2. The maximum absolute atomic E-state index is 12.6. The van der Waals surface area contributed by atoms with E-state index in [9.17, 15) is 9.59 Å². The van der Waals surface area contributed by atoms with E-state index in [0.29, 0.717) is 11.3 Å². The highest BCUT2D eigenvalue weighted by Gasteiger charge is 2.19. The predicted molar refractivity (Wildman–Crippen MR) is 102 cm³/mol. The minimum atomic E-state index is -0.299. The van der Waals surface area contributed by atoms with E-state index in [4.69, 9.17) is 0 Å². The molecule has 1 unspecified atom stereocenters. The highest BCUT2D eigenvalue weighted by Crippen LogP contribution is 2.21. The van der Waals surface area contributed by atoms with Crippen LogP contribution in [0, 0.1) is 13.8 Å². The fourth-order valence-electron chi connectivity index (χ4n) is 2.94. The summed E-state index contributed by atoms with van der Waals surface area (Å²) < 4.78 is 1.81. The quantitative estimate of drug-likeness (QED) is 0.768. The first-order valence-corrected chi connectivity index (χ1v) is 8.67. The number of aromatic nitrogens is 2. The molecule has 7 nitrogen and oxygen atoms in total. The minimum absolute atomic E-state index is 0.0355. The topological polar surface area (TPSA) is 88.1 Å². The molecule has 0 aliphatic carbocycles. The van der Waals surface area contributed by atoms with Crippen LogP contribution in [0.2, 0.25) is 0 Å². The number of nitrogens with one attached hydrogen (secondary N) is 3. The van der Waals surface area contributed by atoms with Gasteiger partial charge < -0.3 is 16.0 Å². The van der Waals surface area contributed by atoms with Crippen LogP contribution in [0.1, 0.15) is 54.1 Å². The Morgan fingerprint density at radius 3 is 2.38 bits per heavy atom. The van der Waals surface area contributed by atoms with Crippen LogP contribution in [-0.4, -0.2) is 27.8 Å². The molecule has 0 fully saturated rings. The zero-order valence-corrected chi connectivity index (χ0v) is 16.2. The molecule has 26 heavy (non-hydrogen) atoms. The monoisotopic (exact) mass is 357 g/mol. The van der Waals surface area contributed by atoms with E-state index in [1.807, 2.05) is 46.3 Å². The van der Waals surface area contributed by atoms with Gasteiger partial charge in [0.2, 0.25) is 0 Å². The Morgan fingerprint density at radius 1 is 1.12 bits per heavy atom. The normalized spacial score (nSPS) is 12.0. The summed E-state index contributed by atoms with van der Waals surface area (Å²) in [6.45, 7) is 9.62. The smallest absolute Gasteiger partial charge is 0.319 e. The predicted octanol–water partition coefficient (Wildman–Crippen LogP) is 3.06. The summed E-state index contributed by atoms with van der Waals surface area (Å²) in [6.07, 6.45) is 0. The number of hydrogen-bond donors (Lipinski definition) is 3. The number of carbonyl (C=O) groups excluding carboxylic acids is 2. The Labute approximate surface area is 154 Å². The summed E-state index contributed by atoms with van der Waals surface area (Å²) in [5.41, 5.74) is 4.00. The van der Waals surface area contributed by atoms with Gasteiger partial charge in [0.1, 0.15) is 0 Å². The van der Waals surface area contributed by atoms with E-state index in [-0.39, 0.29) is 24.0 Å². The van der Waals surface area contributed by atoms with Crippen molar-refractivity contribution in [1.29, 1.82) is 0 Å². The molecule has 0 bridgehead atoms. The fraction of sp³-hybridized carbons (Fsp3) is 0.421. The average Bonchev–Trinajstić information content (AvgIpc) is 2.79. The Balaban J connectivity index is 2.10. The van der Waals surface area contributed by atoms with Gasteiger partial charge >= 0.3 is 6.03 Å². The van der Waals surface area contributed by atoms with Crippen LogP contribution < -0.4 is 16.0 Å². The average molecular weight is 357 g/mol. The first-order chi connectivity index (χ1) is 12.2. The highest BCUT2D eigenvalue weighted by molar-refractivity contribution is 5.97. The summed E-state index contributed by atoms with van der Waals surface area (Å²) in [7, 11) is 1.89. The second kappa shape index (κ2) is 8.03. The van der Waals surface area contributed by atoms with Gasteiger partial charge in [-0.05, 0) is 52.8 Å². The van der Waals surface area contributed by atoms with Gasteiger partial charge in [-0.1, -0.05) is 6.07 Å². The van der Waals surface area contributed by atoms with Gasteiger partial charge in [-0.3, -0.25) is 9.48 Å². The third-order valence-electron chi connectivity index (χ3n) is 4.15. The van der Waals surface area contributed by atoms with Gasteiger partial charge in [0.15, 0.2) is 0 Å². The van der Waals surface area contributed by atoms with Crippen LogP contribution in [0.3, 0.4) is 0 Å². The van der Waals surface area contributed by atoms with Gasteiger partial charge in [-0.25, -0.2) is 4.79 Å². The zero-order valence-electron chi connectivity index (χ0n) is 16.2. The largest absolute Gasteiger partial charge is 0.345 e. The molecule has 3 N–H and O–H groups in total. The van der Waals surface area contributed by atoms with E-state index in [2.05, 4.69) is 21.0 Å². The summed E-state index contributed by atoms with van der Waals surface area (Å²) in [5, 5.41) is 12.9. The first-order valence-electron chi connectivity index (χ1n) is 8.67. The first kappa shape index (κ1) is 19.5. The molecule has 140 valence electrons. The van der Waals surface area contributed by atoms with Gasteiger partial charge in [-0.15, -0.1) is 0 Å². The number of anilines is 1. The van der Waals surface area contributed by atoms with Crippen molar-refractivity contribution < 1.29 is 9.59 Å². The molecule has 1 heterocycles. The van der Waals surface area contributed by atoms with Gasteiger partial charge in [0.25, 0.3) is 5.91 Å². The van der Waals surface area contributed by atoms with Crippen molar-refractivity contribution in [3.05, 3.63) is 46.8 Å². The number of hydrogen-bond acceptors (Lipinski definition) is 3. The van der Waals surface area contributed by atoms with Gasteiger partial charge in [0.05, 0.1) is 11.7 Å². The lowest BCUT2D eigenvalue weighted by atomic mass is 10.1. The van der Waals surface area contributed by atoms with Crippen molar-refractivity contribution in [2.75, 3.05) is 5.32 Å². The molecule has 0 spiro atoms. The standard InChI is InChI=1S/C19H27N5O2/c1-11(2)20-19(26)22-16-9-7-8-15(10-16)18(25)21-12(3)17-13(4)23-24(6)14(17)5/h7-12H,1-6H3,(H,21,25)(H2,20,22,26).